The quantitative estimate of drug-likeness (QED) is 0.424. The largest absolute Gasteiger partial charge is 0.400 e. The van der Waals surface area contributed by atoms with Gasteiger partial charge in [-0.3, -0.25) is 0 Å². The van der Waals surface area contributed by atoms with Crippen LogP contribution in [0.3, 0.4) is 0 Å². The third-order valence-electron chi connectivity index (χ3n) is 0.354. The van der Waals surface area contributed by atoms with Crippen molar-refractivity contribution in [2.45, 2.75) is 19.8 Å². The summed E-state index contributed by atoms with van der Waals surface area (Å²) in [7, 11) is 3.50. The second-order valence-corrected chi connectivity index (χ2v) is 0.854. The minimum absolute atomic E-state index is 0. The summed E-state index contributed by atoms with van der Waals surface area (Å²) in [5, 5.41) is 14.0. The molecule has 0 aliphatic carbocycles. The van der Waals surface area contributed by atoms with Crippen molar-refractivity contribution in [1.82, 2.24) is 0 Å². The van der Waals surface area contributed by atoms with Crippen molar-refractivity contribution in [2.24, 2.45) is 5.73 Å². The Hall–Kier alpha value is 0.594. The van der Waals surface area contributed by atoms with Gasteiger partial charge in [0, 0.05) is 35.9 Å². The second kappa shape index (κ2) is 145. The molecule has 0 radical (unpaired) electrons. The van der Waals surface area contributed by atoms with E-state index in [-0.39, 0.29) is 21.7 Å². The topological polar surface area (TPSA) is 66.5 Å². The summed E-state index contributed by atoms with van der Waals surface area (Å²) in [5.41, 5.74) is 4.50. The molecular formula is C7H22NO2Ti-. The number of aliphatic hydroxyl groups is 2. The second-order valence-electron chi connectivity index (χ2n) is 0.854. The molecule has 0 aromatic heterocycles. The van der Waals surface area contributed by atoms with Gasteiger partial charge in [-0.05, 0) is 7.05 Å². The molecule has 0 heterocycles. The van der Waals surface area contributed by atoms with E-state index in [0.29, 0.717) is 0 Å². The average Bonchev–Trinajstić information content (AvgIpc) is 2.14. The van der Waals surface area contributed by atoms with E-state index >= 15 is 0 Å². The molecule has 0 saturated carbocycles. The molecule has 0 saturated heterocycles. The number of hydrogen-bond donors (Lipinski definition) is 3. The SMILES string of the molecule is CN.CO.CO.[CH2-]CCC.[Ti]. The van der Waals surface area contributed by atoms with E-state index in [9.17, 15) is 0 Å². The van der Waals surface area contributed by atoms with E-state index in [1.807, 2.05) is 0 Å². The summed E-state index contributed by atoms with van der Waals surface area (Å²) >= 11 is 0. The van der Waals surface area contributed by atoms with Crippen LogP contribution in [0.25, 0.3) is 0 Å². The van der Waals surface area contributed by atoms with Crippen LogP contribution in [0.5, 0.6) is 0 Å². The molecule has 0 aromatic carbocycles. The Balaban J connectivity index is -0.0000000152. The van der Waals surface area contributed by atoms with Crippen LogP contribution < -0.4 is 5.73 Å². The molecule has 0 aromatic rings. The molecule has 0 spiro atoms. The predicted molar refractivity (Wildman–Crippen MR) is 46.7 cm³/mol. The molecule has 0 aliphatic rings. The zero-order chi connectivity index (χ0) is 9.41. The first-order chi connectivity index (χ1) is 4.91. The molecule has 0 atom stereocenters. The summed E-state index contributed by atoms with van der Waals surface area (Å²) in [5.74, 6) is 0. The van der Waals surface area contributed by atoms with E-state index < -0.39 is 0 Å². The van der Waals surface area contributed by atoms with Gasteiger partial charge in [0.05, 0.1) is 0 Å². The van der Waals surface area contributed by atoms with E-state index in [1.165, 1.54) is 13.5 Å². The van der Waals surface area contributed by atoms with Crippen LogP contribution in [0.15, 0.2) is 0 Å². The maximum Gasteiger partial charge on any atom is 0.0319 e. The number of rotatable bonds is 1. The van der Waals surface area contributed by atoms with Crippen LogP contribution in [0.4, 0.5) is 0 Å². The Labute approximate surface area is 85.9 Å². The van der Waals surface area contributed by atoms with Crippen LogP contribution in [0.1, 0.15) is 19.8 Å². The molecule has 72 valence electrons. The number of hydrogen-bond acceptors (Lipinski definition) is 3. The zero-order valence-electron chi connectivity index (χ0n) is 8.09. The third-order valence-corrected chi connectivity index (χ3v) is 0.354. The fourth-order valence-corrected chi connectivity index (χ4v) is 0. The number of unbranched alkanes of at least 4 members (excludes halogenated alkanes) is 1. The Bertz CT molecular complexity index is 18.4. The average molecular weight is 200 g/mol. The van der Waals surface area contributed by atoms with Crippen LogP contribution >= 0.6 is 0 Å². The normalized spacial score (nSPS) is 4.36. The van der Waals surface area contributed by atoms with Gasteiger partial charge in [0.15, 0.2) is 0 Å². The van der Waals surface area contributed by atoms with Gasteiger partial charge >= 0.3 is 0 Å². The summed E-state index contributed by atoms with van der Waals surface area (Å²) in [6, 6.07) is 0. The van der Waals surface area contributed by atoms with Crippen molar-refractivity contribution in [2.75, 3.05) is 21.3 Å². The van der Waals surface area contributed by atoms with Gasteiger partial charge in [-0.15, -0.1) is 0 Å². The van der Waals surface area contributed by atoms with Gasteiger partial charge < -0.3 is 22.9 Å². The van der Waals surface area contributed by atoms with Crippen molar-refractivity contribution in [3.63, 3.8) is 0 Å². The molecule has 0 fully saturated rings. The van der Waals surface area contributed by atoms with Gasteiger partial charge in [-0.1, -0.05) is 13.3 Å². The van der Waals surface area contributed by atoms with Crippen molar-refractivity contribution in [3.05, 3.63) is 6.92 Å². The van der Waals surface area contributed by atoms with Crippen LogP contribution in [-0.4, -0.2) is 31.5 Å². The minimum Gasteiger partial charge on any atom is -0.400 e. The van der Waals surface area contributed by atoms with E-state index in [2.05, 4.69) is 19.6 Å². The van der Waals surface area contributed by atoms with E-state index in [1.54, 1.807) is 0 Å². The first-order valence-electron chi connectivity index (χ1n) is 3.18. The first-order valence-corrected chi connectivity index (χ1v) is 3.18. The van der Waals surface area contributed by atoms with Crippen molar-refractivity contribution < 1.29 is 31.9 Å². The van der Waals surface area contributed by atoms with Crippen LogP contribution in [0.2, 0.25) is 0 Å². The van der Waals surface area contributed by atoms with Crippen LogP contribution in [-0.2, 0) is 21.7 Å². The molecule has 0 rings (SSSR count). The van der Waals surface area contributed by atoms with E-state index in [4.69, 9.17) is 10.2 Å². The van der Waals surface area contributed by atoms with Crippen LogP contribution in [0, 0.1) is 6.92 Å². The molecule has 3 nitrogen and oxygen atoms in total. The molecule has 4 heteroatoms. The molecule has 0 aliphatic heterocycles. The summed E-state index contributed by atoms with van der Waals surface area (Å²) in [6.45, 7) is 5.72. The van der Waals surface area contributed by atoms with Gasteiger partial charge in [-0.25, -0.2) is 0 Å². The predicted octanol–water partition coefficient (Wildman–Crippen LogP) is 0.410. The molecule has 0 amide bonds. The van der Waals surface area contributed by atoms with Crippen molar-refractivity contribution >= 4 is 0 Å². The first kappa shape index (κ1) is 29.9. The maximum absolute atomic E-state index is 7.00. The van der Waals surface area contributed by atoms with Crippen molar-refractivity contribution in [3.8, 4) is 0 Å². The maximum atomic E-state index is 7.00. The minimum atomic E-state index is 0. The standard InChI is InChI=1S/C4H9.CH5N.2CH4O.Ti/c1-3-4-2;3*1-2;/h1,3-4H2,2H3;2H2,1H3;2*2H,1H3;/q-1;;;;. The Kier molecular flexibility index (Phi) is 394. The smallest absolute Gasteiger partial charge is 0.0319 e. The molecular weight excluding hydrogens is 178 g/mol. The molecule has 0 unspecified atom stereocenters. The fraction of sp³-hybridized carbons (Fsp3) is 0.857. The zero-order valence-corrected chi connectivity index (χ0v) is 9.65. The Morgan fingerprint density at radius 2 is 1.18 bits per heavy atom. The van der Waals surface area contributed by atoms with Gasteiger partial charge in [0.25, 0.3) is 0 Å². The Morgan fingerprint density at radius 3 is 1.18 bits per heavy atom. The monoisotopic (exact) mass is 200 g/mol. The summed E-state index contributed by atoms with van der Waals surface area (Å²) in [6.07, 6.45) is 2.28. The third kappa shape index (κ3) is 308. The summed E-state index contributed by atoms with van der Waals surface area (Å²) in [4.78, 5) is 0. The number of nitrogens with two attached hydrogens (primary N) is 1. The summed E-state index contributed by atoms with van der Waals surface area (Å²) < 4.78 is 0. The molecule has 4 N–H and O–H groups in total. The van der Waals surface area contributed by atoms with Gasteiger partial charge in [0.2, 0.25) is 0 Å². The molecule has 0 bridgehead atoms. The van der Waals surface area contributed by atoms with Gasteiger partial charge in [-0.2, -0.15) is 6.42 Å². The van der Waals surface area contributed by atoms with Crippen molar-refractivity contribution in [1.29, 1.82) is 0 Å². The number of aliphatic hydroxyl groups excluding tert-OH is 2. The van der Waals surface area contributed by atoms with Gasteiger partial charge in [0.1, 0.15) is 0 Å². The Morgan fingerprint density at radius 1 is 1.09 bits per heavy atom. The fourth-order valence-electron chi connectivity index (χ4n) is 0. The molecule has 11 heavy (non-hydrogen) atoms. The van der Waals surface area contributed by atoms with E-state index in [0.717, 1.165) is 20.6 Å².